The van der Waals surface area contributed by atoms with Gasteiger partial charge < -0.3 is 19.6 Å². The van der Waals surface area contributed by atoms with Crippen molar-refractivity contribution in [3.05, 3.63) is 51.9 Å². The largest absolute Gasteiger partial charge is 0.496 e. The molecular formula is C15H16BrNO4. The van der Waals surface area contributed by atoms with Crippen LogP contribution < -0.4 is 10.1 Å². The molecule has 112 valence electrons. The summed E-state index contributed by atoms with van der Waals surface area (Å²) in [4.78, 5) is 10.7. The summed E-state index contributed by atoms with van der Waals surface area (Å²) in [6.07, 6.45) is 0. The molecule has 0 aliphatic rings. The Kier molecular flexibility index (Phi) is 5.03. The molecule has 0 saturated carbocycles. The number of hydrogen-bond acceptors (Lipinski definition) is 4. The third-order valence-electron chi connectivity index (χ3n) is 3.13. The van der Waals surface area contributed by atoms with Crippen LogP contribution in [0.15, 0.2) is 39.2 Å². The molecule has 2 rings (SSSR count). The molecule has 1 unspecified atom stereocenters. The van der Waals surface area contributed by atoms with Gasteiger partial charge in [0.25, 0.3) is 0 Å². The van der Waals surface area contributed by atoms with E-state index in [4.69, 9.17) is 14.3 Å². The van der Waals surface area contributed by atoms with Crippen molar-refractivity contribution in [3.8, 4) is 5.75 Å². The Morgan fingerprint density at radius 3 is 2.76 bits per heavy atom. The lowest BCUT2D eigenvalue weighted by Crippen LogP contribution is -2.17. The minimum Gasteiger partial charge on any atom is -0.496 e. The van der Waals surface area contributed by atoms with E-state index >= 15 is 0 Å². The van der Waals surface area contributed by atoms with E-state index in [1.807, 2.05) is 25.1 Å². The summed E-state index contributed by atoms with van der Waals surface area (Å²) in [6, 6.07) is 9.06. The number of ether oxygens (including phenoxy) is 1. The number of rotatable bonds is 6. The topological polar surface area (TPSA) is 71.7 Å². The Bertz CT molecular complexity index is 638. The third-order valence-corrected chi connectivity index (χ3v) is 3.75. The maximum atomic E-state index is 10.7. The Morgan fingerprint density at radius 2 is 2.19 bits per heavy atom. The molecule has 5 nitrogen and oxygen atoms in total. The summed E-state index contributed by atoms with van der Waals surface area (Å²) in [6.45, 7) is 2.48. The summed E-state index contributed by atoms with van der Waals surface area (Å²) < 4.78 is 11.3. The molecular weight excluding hydrogens is 338 g/mol. The van der Waals surface area contributed by atoms with E-state index in [1.165, 1.54) is 6.07 Å². The molecule has 1 atom stereocenters. The second-order valence-electron chi connectivity index (χ2n) is 4.57. The van der Waals surface area contributed by atoms with Crippen LogP contribution in [0.25, 0.3) is 0 Å². The molecule has 1 aromatic carbocycles. The van der Waals surface area contributed by atoms with E-state index in [1.54, 1.807) is 13.2 Å². The van der Waals surface area contributed by atoms with Gasteiger partial charge in [-0.2, -0.15) is 0 Å². The summed E-state index contributed by atoms with van der Waals surface area (Å²) >= 11 is 3.45. The number of aromatic carboxylic acids is 1. The Hall–Kier alpha value is -1.79. The number of carboxylic acid groups (broad SMARTS) is 1. The molecule has 1 aromatic heterocycles. The Balaban J connectivity index is 1.99. The number of halogens is 1. The highest BCUT2D eigenvalue weighted by Gasteiger charge is 2.11. The molecule has 0 bridgehead atoms. The number of carboxylic acids is 1. The molecule has 0 spiro atoms. The first-order valence-corrected chi connectivity index (χ1v) is 7.19. The molecule has 2 N–H and O–H groups in total. The van der Waals surface area contributed by atoms with E-state index in [0.717, 1.165) is 15.8 Å². The van der Waals surface area contributed by atoms with Crippen molar-refractivity contribution in [1.29, 1.82) is 0 Å². The van der Waals surface area contributed by atoms with Crippen molar-refractivity contribution in [2.45, 2.75) is 19.5 Å². The van der Waals surface area contributed by atoms with Crippen LogP contribution in [0.4, 0.5) is 0 Å². The fraction of sp³-hybridized carbons (Fsp3) is 0.267. The van der Waals surface area contributed by atoms with Gasteiger partial charge in [-0.05, 0) is 52.7 Å². The second-order valence-corrected chi connectivity index (χ2v) is 5.42. The first-order chi connectivity index (χ1) is 10.0. The van der Waals surface area contributed by atoms with E-state index in [-0.39, 0.29) is 11.8 Å². The van der Waals surface area contributed by atoms with Gasteiger partial charge in [-0.3, -0.25) is 0 Å². The summed E-state index contributed by atoms with van der Waals surface area (Å²) in [5.41, 5.74) is 1.09. The zero-order valence-corrected chi connectivity index (χ0v) is 13.3. The highest BCUT2D eigenvalue weighted by Crippen LogP contribution is 2.28. The van der Waals surface area contributed by atoms with Crippen molar-refractivity contribution >= 4 is 21.9 Å². The van der Waals surface area contributed by atoms with Gasteiger partial charge in [0.05, 0.1) is 18.1 Å². The van der Waals surface area contributed by atoms with Gasteiger partial charge >= 0.3 is 5.97 Å². The lowest BCUT2D eigenvalue weighted by molar-refractivity contribution is 0.0660. The van der Waals surface area contributed by atoms with E-state index in [9.17, 15) is 4.79 Å². The van der Waals surface area contributed by atoms with Crippen molar-refractivity contribution in [3.63, 3.8) is 0 Å². The van der Waals surface area contributed by atoms with E-state index in [2.05, 4.69) is 21.2 Å². The molecule has 0 radical (unpaired) electrons. The van der Waals surface area contributed by atoms with Gasteiger partial charge in [-0.25, -0.2) is 4.79 Å². The molecule has 21 heavy (non-hydrogen) atoms. The molecule has 0 aliphatic carbocycles. The SMILES string of the molecule is COc1ccc(C(C)NCc2ccc(C(=O)O)o2)cc1Br. The third kappa shape index (κ3) is 3.86. The van der Waals surface area contributed by atoms with E-state index in [0.29, 0.717) is 12.3 Å². The number of benzene rings is 1. The quantitative estimate of drug-likeness (QED) is 0.829. The normalized spacial score (nSPS) is 12.1. The standard InChI is InChI=1S/C15H16BrNO4/c1-9(10-3-5-13(20-2)12(16)7-10)17-8-11-4-6-14(21-11)15(18)19/h3-7,9,17H,8H2,1-2H3,(H,18,19). The van der Waals surface area contributed by atoms with Crippen molar-refractivity contribution in [2.75, 3.05) is 7.11 Å². The average molecular weight is 354 g/mol. The molecule has 0 fully saturated rings. The average Bonchev–Trinajstić information content (AvgIpc) is 2.93. The summed E-state index contributed by atoms with van der Waals surface area (Å²) in [7, 11) is 1.62. The number of methoxy groups -OCH3 is 1. The van der Waals surface area contributed by atoms with Gasteiger partial charge in [0, 0.05) is 6.04 Å². The van der Waals surface area contributed by atoms with Gasteiger partial charge in [0.1, 0.15) is 11.5 Å². The Morgan fingerprint density at radius 1 is 1.43 bits per heavy atom. The highest BCUT2D eigenvalue weighted by molar-refractivity contribution is 9.10. The number of hydrogen-bond donors (Lipinski definition) is 2. The van der Waals surface area contributed by atoms with Crippen LogP contribution in [-0.4, -0.2) is 18.2 Å². The number of furan rings is 1. The van der Waals surface area contributed by atoms with Gasteiger partial charge in [-0.15, -0.1) is 0 Å². The maximum absolute atomic E-state index is 10.7. The predicted octanol–water partition coefficient (Wildman–Crippen LogP) is 3.60. The minimum absolute atomic E-state index is 0.0494. The summed E-state index contributed by atoms with van der Waals surface area (Å²) in [5.74, 6) is 0.259. The van der Waals surface area contributed by atoms with Crippen molar-refractivity contribution < 1.29 is 19.1 Å². The predicted molar refractivity (Wildman–Crippen MR) is 81.6 cm³/mol. The molecule has 0 aliphatic heterocycles. The van der Waals surface area contributed by atoms with Gasteiger partial charge in [0.15, 0.2) is 0 Å². The number of nitrogens with one attached hydrogen (secondary N) is 1. The van der Waals surface area contributed by atoms with Crippen LogP contribution in [-0.2, 0) is 6.54 Å². The van der Waals surface area contributed by atoms with Gasteiger partial charge in [-0.1, -0.05) is 6.07 Å². The molecule has 6 heteroatoms. The second kappa shape index (κ2) is 6.78. The van der Waals surface area contributed by atoms with Crippen LogP contribution in [0.2, 0.25) is 0 Å². The minimum atomic E-state index is -1.06. The van der Waals surface area contributed by atoms with Crippen molar-refractivity contribution in [1.82, 2.24) is 5.32 Å². The first-order valence-electron chi connectivity index (χ1n) is 6.40. The van der Waals surface area contributed by atoms with Crippen LogP contribution in [0.3, 0.4) is 0 Å². The fourth-order valence-electron chi connectivity index (χ4n) is 1.91. The van der Waals surface area contributed by atoms with E-state index < -0.39 is 5.97 Å². The number of carbonyl (C=O) groups is 1. The maximum Gasteiger partial charge on any atom is 0.371 e. The van der Waals surface area contributed by atoms with Crippen LogP contribution in [0.1, 0.15) is 34.8 Å². The van der Waals surface area contributed by atoms with Crippen LogP contribution in [0, 0.1) is 0 Å². The fourth-order valence-corrected chi connectivity index (χ4v) is 2.47. The molecule has 2 aromatic rings. The lowest BCUT2D eigenvalue weighted by Gasteiger charge is -2.14. The zero-order valence-electron chi connectivity index (χ0n) is 11.7. The Labute approximate surface area is 131 Å². The first kappa shape index (κ1) is 15.6. The molecule has 1 heterocycles. The van der Waals surface area contributed by atoms with Crippen LogP contribution in [0.5, 0.6) is 5.75 Å². The van der Waals surface area contributed by atoms with Crippen LogP contribution >= 0.6 is 15.9 Å². The zero-order chi connectivity index (χ0) is 15.4. The highest BCUT2D eigenvalue weighted by atomic mass is 79.9. The van der Waals surface area contributed by atoms with Gasteiger partial charge in [0.2, 0.25) is 5.76 Å². The molecule has 0 saturated heterocycles. The lowest BCUT2D eigenvalue weighted by atomic mass is 10.1. The van der Waals surface area contributed by atoms with Crippen molar-refractivity contribution in [2.24, 2.45) is 0 Å². The molecule has 0 amide bonds. The summed E-state index contributed by atoms with van der Waals surface area (Å²) in [5, 5.41) is 12.1. The smallest absolute Gasteiger partial charge is 0.371 e. The monoisotopic (exact) mass is 353 g/mol.